The van der Waals surface area contributed by atoms with E-state index < -0.39 is 0 Å². The summed E-state index contributed by atoms with van der Waals surface area (Å²) in [7, 11) is 0. The average molecular weight is 363 g/mol. The predicted octanol–water partition coefficient (Wildman–Crippen LogP) is 3.69. The molecule has 0 aliphatic heterocycles. The molecular weight excluding hydrogens is 345 g/mol. The second-order valence-corrected chi connectivity index (χ2v) is 6.37. The van der Waals surface area contributed by atoms with Crippen molar-refractivity contribution in [2.24, 2.45) is 0 Å². The van der Waals surface area contributed by atoms with Crippen LogP contribution < -0.4 is 5.32 Å². The van der Waals surface area contributed by atoms with Gasteiger partial charge in [-0.1, -0.05) is 12.1 Å². The van der Waals surface area contributed by atoms with Crippen LogP contribution in [0.5, 0.6) is 0 Å². The minimum absolute atomic E-state index is 0.242. The number of imidazole rings is 1. The Bertz CT molecular complexity index is 1080. The summed E-state index contributed by atoms with van der Waals surface area (Å²) in [5, 5.41) is 7.20. The maximum Gasteiger partial charge on any atom is 0.255 e. The summed E-state index contributed by atoms with van der Waals surface area (Å²) in [5.41, 5.74) is 3.61. The molecular formula is C20H18FN5O. The maximum absolute atomic E-state index is 13.1. The Hall–Kier alpha value is -3.48. The first-order valence-electron chi connectivity index (χ1n) is 8.59. The smallest absolute Gasteiger partial charge is 0.255 e. The number of carbonyl (C=O) groups excluding carboxylic acids is 1. The molecule has 0 saturated heterocycles. The molecule has 0 spiro atoms. The van der Waals surface area contributed by atoms with Crippen LogP contribution in [0.3, 0.4) is 0 Å². The highest BCUT2D eigenvalue weighted by atomic mass is 19.1. The molecule has 2 aromatic heterocycles. The van der Waals surface area contributed by atoms with Gasteiger partial charge in [0, 0.05) is 0 Å². The molecule has 2 N–H and O–H groups in total. The third-order valence-electron chi connectivity index (χ3n) is 4.49. The zero-order valence-corrected chi connectivity index (χ0v) is 14.9. The first kappa shape index (κ1) is 17.0. The highest BCUT2D eigenvalue weighted by Gasteiger charge is 2.19. The minimum atomic E-state index is -0.318. The molecule has 0 saturated carbocycles. The Kier molecular flexibility index (Phi) is 4.19. The topological polar surface area (TPSA) is 75.6 Å². The molecule has 6 nitrogen and oxygen atoms in total. The summed E-state index contributed by atoms with van der Waals surface area (Å²) in [4.78, 5) is 20.4. The van der Waals surface area contributed by atoms with Crippen molar-refractivity contribution in [1.29, 1.82) is 0 Å². The van der Waals surface area contributed by atoms with Crippen LogP contribution >= 0.6 is 0 Å². The lowest BCUT2D eigenvalue weighted by Gasteiger charge is -2.11. The molecule has 4 rings (SSSR count). The number of rotatable bonds is 4. The van der Waals surface area contributed by atoms with Gasteiger partial charge in [-0.05, 0) is 50.2 Å². The highest BCUT2D eigenvalue weighted by molar-refractivity contribution is 5.95. The summed E-state index contributed by atoms with van der Waals surface area (Å²) < 4.78 is 14.7. The van der Waals surface area contributed by atoms with E-state index in [-0.39, 0.29) is 17.8 Å². The molecule has 1 atom stereocenters. The Labute approximate surface area is 155 Å². The fourth-order valence-corrected chi connectivity index (χ4v) is 3.00. The number of fused-ring (bicyclic) bond motifs is 1. The summed E-state index contributed by atoms with van der Waals surface area (Å²) in [6.07, 6.45) is 1.51. The first-order valence-corrected chi connectivity index (χ1v) is 8.59. The zero-order valence-electron chi connectivity index (χ0n) is 14.9. The number of aromatic nitrogens is 4. The summed E-state index contributed by atoms with van der Waals surface area (Å²) in [6, 6.07) is 13.4. The van der Waals surface area contributed by atoms with Crippen LogP contribution in [0.1, 0.15) is 34.8 Å². The number of nitrogens with zero attached hydrogens (tertiary/aromatic N) is 3. The van der Waals surface area contributed by atoms with Crippen LogP contribution in [0.15, 0.2) is 54.7 Å². The lowest BCUT2D eigenvalue weighted by molar-refractivity contribution is 0.0938. The van der Waals surface area contributed by atoms with E-state index in [1.807, 2.05) is 31.2 Å². The Morgan fingerprint density at radius 1 is 1.19 bits per heavy atom. The number of para-hydroxylation sites is 2. The van der Waals surface area contributed by atoms with Gasteiger partial charge in [0.25, 0.3) is 5.91 Å². The van der Waals surface area contributed by atoms with Gasteiger partial charge in [-0.2, -0.15) is 5.10 Å². The standard InChI is InChI=1S/C20H18FN5O/c1-12(19-24-17-5-3-4-6-18(17)25-19)23-20(27)16-11-22-26(13(16)2)15-9-7-14(21)8-10-15/h3-12H,1-2H3,(H,23,27)(H,24,25). The lowest BCUT2D eigenvalue weighted by Crippen LogP contribution is -2.27. The van der Waals surface area contributed by atoms with E-state index in [0.29, 0.717) is 22.8 Å². The Morgan fingerprint density at radius 2 is 1.93 bits per heavy atom. The summed E-state index contributed by atoms with van der Waals surface area (Å²) in [5.74, 6) is 0.128. The second kappa shape index (κ2) is 6.68. The van der Waals surface area contributed by atoms with Gasteiger partial charge in [0.1, 0.15) is 11.6 Å². The van der Waals surface area contributed by atoms with Gasteiger partial charge in [0.2, 0.25) is 0 Å². The van der Waals surface area contributed by atoms with Crippen molar-refractivity contribution in [3.05, 3.63) is 77.6 Å². The molecule has 0 bridgehead atoms. The molecule has 136 valence electrons. The van der Waals surface area contributed by atoms with Crippen molar-refractivity contribution in [3.63, 3.8) is 0 Å². The molecule has 1 amide bonds. The Morgan fingerprint density at radius 3 is 2.67 bits per heavy atom. The monoisotopic (exact) mass is 363 g/mol. The summed E-state index contributed by atoms with van der Waals surface area (Å²) >= 11 is 0. The van der Waals surface area contributed by atoms with Crippen LogP contribution in [0.2, 0.25) is 0 Å². The maximum atomic E-state index is 13.1. The molecule has 0 aliphatic carbocycles. The minimum Gasteiger partial charge on any atom is -0.342 e. The zero-order chi connectivity index (χ0) is 19.0. The predicted molar refractivity (Wildman–Crippen MR) is 100 cm³/mol. The van der Waals surface area contributed by atoms with Crippen molar-refractivity contribution in [2.45, 2.75) is 19.9 Å². The van der Waals surface area contributed by atoms with Gasteiger partial charge >= 0.3 is 0 Å². The number of benzene rings is 2. The second-order valence-electron chi connectivity index (χ2n) is 6.37. The number of hydrogen-bond acceptors (Lipinski definition) is 3. The average Bonchev–Trinajstić information content (AvgIpc) is 3.26. The third-order valence-corrected chi connectivity index (χ3v) is 4.49. The number of aromatic amines is 1. The van der Waals surface area contributed by atoms with E-state index in [1.165, 1.54) is 18.3 Å². The van der Waals surface area contributed by atoms with Gasteiger partial charge in [-0.15, -0.1) is 0 Å². The highest BCUT2D eigenvalue weighted by Crippen LogP contribution is 2.18. The fourth-order valence-electron chi connectivity index (χ4n) is 3.00. The van der Waals surface area contributed by atoms with Crippen molar-refractivity contribution in [1.82, 2.24) is 25.1 Å². The molecule has 2 heterocycles. The van der Waals surface area contributed by atoms with E-state index in [0.717, 1.165) is 11.0 Å². The fraction of sp³-hybridized carbons (Fsp3) is 0.150. The van der Waals surface area contributed by atoms with Crippen LogP contribution in [0.4, 0.5) is 4.39 Å². The Balaban J connectivity index is 1.55. The number of amides is 1. The summed E-state index contributed by atoms with van der Waals surface area (Å²) in [6.45, 7) is 3.67. The van der Waals surface area contributed by atoms with Gasteiger partial charge in [-0.3, -0.25) is 4.79 Å². The molecule has 0 fully saturated rings. The van der Waals surface area contributed by atoms with Crippen LogP contribution in [-0.2, 0) is 0 Å². The van der Waals surface area contributed by atoms with Crippen LogP contribution in [0, 0.1) is 12.7 Å². The lowest BCUT2D eigenvalue weighted by atomic mass is 10.2. The SMILES string of the molecule is Cc1c(C(=O)NC(C)c2nc3ccccc3[nH]2)cnn1-c1ccc(F)cc1. The molecule has 1 unspecified atom stereocenters. The normalized spacial score (nSPS) is 12.3. The largest absolute Gasteiger partial charge is 0.342 e. The number of halogens is 1. The van der Waals surface area contributed by atoms with Crippen LogP contribution in [-0.4, -0.2) is 25.7 Å². The van der Waals surface area contributed by atoms with Gasteiger partial charge in [0.05, 0.1) is 40.2 Å². The molecule has 0 radical (unpaired) electrons. The van der Waals surface area contributed by atoms with Crippen molar-refractivity contribution < 1.29 is 9.18 Å². The number of H-pyrrole nitrogens is 1. The van der Waals surface area contributed by atoms with Crippen molar-refractivity contribution in [3.8, 4) is 5.69 Å². The molecule has 27 heavy (non-hydrogen) atoms. The van der Waals surface area contributed by atoms with E-state index in [9.17, 15) is 9.18 Å². The van der Waals surface area contributed by atoms with E-state index in [2.05, 4.69) is 20.4 Å². The van der Waals surface area contributed by atoms with Gasteiger partial charge in [0.15, 0.2) is 0 Å². The number of carbonyl (C=O) groups is 1. The van der Waals surface area contributed by atoms with Gasteiger partial charge < -0.3 is 10.3 Å². The van der Waals surface area contributed by atoms with Crippen molar-refractivity contribution >= 4 is 16.9 Å². The molecule has 2 aromatic carbocycles. The quantitative estimate of drug-likeness (QED) is 0.581. The van der Waals surface area contributed by atoms with Crippen molar-refractivity contribution in [2.75, 3.05) is 0 Å². The van der Waals surface area contributed by atoms with Gasteiger partial charge in [-0.25, -0.2) is 14.1 Å². The number of hydrogen-bond donors (Lipinski definition) is 2. The van der Waals surface area contributed by atoms with E-state index >= 15 is 0 Å². The molecule has 7 heteroatoms. The molecule has 0 aliphatic rings. The first-order chi connectivity index (χ1) is 13.0. The third kappa shape index (κ3) is 3.19. The number of nitrogens with one attached hydrogen (secondary N) is 2. The van der Waals surface area contributed by atoms with Crippen LogP contribution in [0.25, 0.3) is 16.7 Å². The van der Waals surface area contributed by atoms with E-state index in [1.54, 1.807) is 23.7 Å². The molecule has 4 aromatic rings. The van der Waals surface area contributed by atoms with E-state index in [4.69, 9.17) is 0 Å².